The molecule has 3 N–H and O–H groups in total. The van der Waals surface area contributed by atoms with Crippen LogP contribution in [0.5, 0.6) is 5.75 Å². The van der Waals surface area contributed by atoms with Gasteiger partial charge < -0.3 is 20.1 Å². The molecule has 0 aliphatic heterocycles. The maximum Gasteiger partial charge on any atom is 0.119 e. The van der Waals surface area contributed by atoms with Crippen LogP contribution in [0.4, 0.5) is 0 Å². The van der Waals surface area contributed by atoms with Crippen LogP contribution in [0, 0.1) is 0 Å². The van der Waals surface area contributed by atoms with E-state index in [2.05, 4.69) is 0 Å². The fourth-order valence-corrected chi connectivity index (χ4v) is 2.01. The van der Waals surface area contributed by atoms with Gasteiger partial charge in [0.05, 0.1) is 6.10 Å². The van der Waals surface area contributed by atoms with Gasteiger partial charge in [-0.25, -0.2) is 0 Å². The van der Waals surface area contributed by atoms with Gasteiger partial charge in [0.1, 0.15) is 18.5 Å². The summed E-state index contributed by atoms with van der Waals surface area (Å²) in [4.78, 5) is 0. The van der Waals surface area contributed by atoms with E-state index in [0.29, 0.717) is 17.9 Å². The van der Waals surface area contributed by atoms with Crippen molar-refractivity contribution in [2.24, 2.45) is 0 Å². The highest BCUT2D eigenvalue weighted by atomic mass is 16.5. The first-order valence-electron chi connectivity index (χ1n) is 6.94. The molecule has 0 spiro atoms. The summed E-state index contributed by atoms with van der Waals surface area (Å²) < 4.78 is 5.65. The highest BCUT2D eigenvalue weighted by molar-refractivity contribution is 5.29. The summed E-state index contributed by atoms with van der Waals surface area (Å²) in [5, 5.41) is 28.3. The molecule has 0 amide bonds. The van der Waals surface area contributed by atoms with Crippen molar-refractivity contribution >= 4 is 0 Å². The van der Waals surface area contributed by atoms with Gasteiger partial charge in [0.2, 0.25) is 0 Å². The summed E-state index contributed by atoms with van der Waals surface area (Å²) in [5.74, 6) is 0.700. The molecule has 2 atom stereocenters. The number of aliphatic hydroxyl groups is 3. The quantitative estimate of drug-likeness (QED) is 0.729. The van der Waals surface area contributed by atoms with Gasteiger partial charge in [0.15, 0.2) is 0 Å². The zero-order chi connectivity index (χ0) is 15.1. The summed E-state index contributed by atoms with van der Waals surface area (Å²) in [6, 6.07) is 16.8. The summed E-state index contributed by atoms with van der Waals surface area (Å²) in [7, 11) is 0. The van der Waals surface area contributed by atoms with Crippen LogP contribution in [-0.4, -0.2) is 28.0 Å². The van der Waals surface area contributed by atoms with E-state index >= 15 is 0 Å². The maximum absolute atomic E-state index is 9.92. The molecular formula is C17H20O4. The molecule has 2 unspecified atom stereocenters. The fourth-order valence-electron chi connectivity index (χ4n) is 2.01. The van der Waals surface area contributed by atoms with Crippen LogP contribution in [-0.2, 0) is 6.61 Å². The van der Waals surface area contributed by atoms with Gasteiger partial charge >= 0.3 is 0 Å². The highest BCUT2D eigenvalue weighted by Gasteiger charge is 2.17. The van der Waals surface area contributed by atoms with E-state index in [1.807, 2.05) is 30.3 Å². The lowest BCUT2D eigenvalue weighted by atomic mass is 10.0. The molecule has 21 heavy (non-hydrogen) atoms. The predicted molar refractivity (Wildman–Crippen MR) is 79.9 cm³/mol. The number of hydrogen-bond acceptors (Lipinski definition) is 4. The molecule has 0 heterocycles. The highest BCUT2D eigenvalue weighted by Crippen LogP contribution is 2.22. The summed E-state index contributed by atoms with van der Waals surface area (Å²) >= 11 is 0. The number of hydrogen-bond donors (Lipinski definition) is 3. The van der Waals surface area contributed by atoms with E-state index < -0.39 is 12.2 Å². The first-order valence-corrected chi connectivity index (χ1v) is 6.94. The summed E-state index contributed by atoms with van der Waals surface area (Å²) in [5.41, 5.74) is 1.68. The van der Waals surface area contributed by atoms with E-state index in [9.17, 15) is 10.2 Å². The Balaban J connectivity index is 1.92. The first-order chi connectivity index (χ1) is 10.2. The molecule has 2 aromatic carbocycles. The molecule has 0 aromatic heterocycles. The Labute approximate surface area is 124 Å². The first kappa shape index (κ1) is 15.5. The SMILES string of the molecule is OCCC(O)C(O)c1ccc(OCc2ccccc2)cc1. The Bertz CT molecular complexity index is 524. The van der Waals surface area contributed by atoms with Crippen molar-refractivity contribution in [3.63, 3.8) is 0 Å². The van der Waals surface area contributed by atoms with E-state index in [4.69, 9.17) is 9.84 Å². The molecular weight excluding hydrogens is 268 g/mol. The largest absolute Gasteiger partial charge is 0.489 e. The van der Waals surface area contributed by atoms with E-state index in [1.165, 1.54) is 0 Å². The standard InChI is InChI=1S/C17H20O4/c18-11-10-16(19)17(20)14-6-8-15(9-7-14)21-12-13-4-2-1-3-5-13/h1-9,16-20H,10-12H2. The zero-order valence-corrected chi connectivity index (χ0v) is 11.7. The predicted octanol–water partition coefficient (Wildman–Crippen LogP) is 2.04. The number of aliphatic hydroxyl groups excluding tert-OH is 3. The van der Waals surface area contributed by atoms with Crippen molar-refractivity contribution in [3.05, 3.63) is 65.7 Å². The van der Waals surface area contributed by atoms with Gasteiger partial charge in [-0.15, -0.1) is 0 Å². The minimum absolute atomic E-state index is 0.146. The van der Waals surface area contributed by atoms with Crippen LogP contribution in [0.15, 0.2) is 54.6 Å². The van der Waals surface area contributed by atoms with Crippen LogP contribution < -0.4 is 4.74 Å². The average molecular weight is 288 g/mol. The van der Waals surface area contributed by atoms with E-state index in [-0.39, 0.29) is 13.0 Å². The van der Waals surface area contributed by atoms with E-state index in [0.717, 1.165) is 5.56 Å². The third kappa shape index (κ3) is 4.56. The molecule has 0 fully saturated rings. The van der Waals surface area contributed by atoms with Gasteiger partial charge in [-0.2, -0.15) is 0 Å². The van der Waals surface area contributed by atoms with Gasteiger partial charge in [0, 0.05) is 6.61 Å². The topological polar surface area (TPSA) is 69.9 Å². The smallest absolute Gasteiger partial charge is 0.119 e. The van der Waals surface area contributed by atoms with Gasteiger partial charge in [-0.1, -0.05) is 42.5 Å². The summed E-state index contributed by atoms with van der Waals surface area (Å²) in [6.45, 7) is 0.326. The maximum atomic E-state index is 9.92. The van der Waals surface area contributed by atoms with Gasteiger partial charge in [-0.3, -0.25) is 0 Å². The molecule has 0 bridgehead atoms. The van der Waals surface area contributed by atoms with Crippen molar-refractivity contribution in [1.82, 2.24) is 0 Å². The molecule has 112 valence electrons. The lowest BCUT2D eigenvalue weighted by molar-refractivity contribution is 0.00419. The molecule has 4 nitrogen and oxygen atoms in total. The number of benzene rings is 2. The summed E-state index contributed by atoms with van der Waals surface area (Å²) in [6.07, 6.45) is -1.82. The second kappa shape index (κ2) is 7.78. The monoisotopic (exact) mass is 288 g/mol. The minimum Gasteiger partial charge on any atom is -0.489 e. The second-order valence-corrected chi connectivity index (χ2v) is 4.87. The Kier molecular flexibility index (Phi) is 5.75. The van der Waals surface area contributed by atoms with Crippen molar-refractivity contribution in [2.75, 3.05) is 6.61 Å². The van der Waals surface area contributed by atoms with Crippen LogP contribution >= 0.6 is 0 Å². The molecule has 0 saturated heterocycles. The third-order valence-corrected chi connectivity index (χ3v) is 3.26. The van der Waals surface area contributed by atoms with Crippen molar-refractivity contribution in [1.29, 1.82) is 0 Å². The van der Waals surface area contributed by atoms with Gasteiger partial charge in [0.25, 0.3) is 0 Å². The lowest BCUT2D eigenvalue weighted by Crippen LogP contribution is -2.19. The van der Waals surface area contributed by atoms with E-state index in [1.54, 1.807) is 24.3 Å². The third-order valence-electron chi connectivity index (χ3n) is 3.26. The van der Waals surface area contributed by atoms with Crippen molar-refractivity contribution < 1.29 is 20.1 Å². The number of rotatable bonds is 7. The fraction of sp³-hybridized carbons (Fsp3) is 0.294. The minimum atomic E-state index is -1.000. The average Bonchev–Trinajstić information content (AvgIpc) is 2.54. The molecule has 4 heteroatoms. The van der Waals surface area contributed by atoms with Crippen LogP contribution in [0.1, 0.15) is 23.7 Å². The molecule has 0 radical (unpaired) electrons. The Hall–Kier alpha value is -1.88. The molecule has 2 rings (SSSR count). The normalized spacial score (nSPS) is 13.7. The van der Waals surface area contributed by atoms with Crippen molar-refractivity contribution in [2.45, 2.75) is 25.2 Å². The van der Waals surface area contributed by atoms with Crippen LogP contribution in [0.25, 0.3) is 0 Å². The van der Waals surface area contributed by atoms with Crippen molar-refractivity contribution in [3.8, 4) is 5.75 Å². The Morgan fingerprint density at radius 1 is 0.905 bits per heavy atom. The Morgan fingerprint density at radius 3 is 2.19 bits per heavy atom. The molecule has 0 aliphatic carbocycles. The number of ether oxygens (including phenoxy) is 1. The lowest BCUT2D eigenvalue weighted by Gasteiger charge is -2.17. The van der Waals surface area contributed by atoms with Crippen LogP contribution in [0.2, 0.25) is 0 Å². The van der Waals surface area contributed by atoms with Gasteiger partial charge in [-0.05, 0) is 29.7 Å². The Morgan fingerprint density at radius 2 is 1.57 bits per heavy atom. The molecule has 0 saturated carbocycles. The zero-order valence-electron chi connectivity index (χ0n) is 11.7. The molecule has 0 aliphatic rings. The second-order valence-electron chi connectivity index (χ2n) is 4.87. The molecule has 2 aromatic rings. The van der Waals surface area contributed by atoms with Crippen LogP contribution in [0.3, 0.4) is 0 Å².